The lowest BCUT2D eigenvalue weighted by Crippen LogP contribution is -2.35. The van der Waals surface area contributed by atoms with Gasteiger partial charge in [0, 0.05) is 12.2 Å². The van der Waals surface area contributed by atoms with Gasteiger partial charge in [-0.2, -0.15) is 4.98 Å². The first-order chi connectivity index (χ1) is 16.4. The van der Waals surface area contributed by atoms with Crippen LogP contribution < -0.4 is 10.6 Å². The molecule has 5 atom stereocenters. The minimum Gasteiger partial charge on any atom is -0.390 e. The monoisotopic (exact) mass is 480 g/mol. The summed E-state index contributed by atoms with van der Waals surface area (Å²) in [6.45, 7) is 6.13. The minimum atomic E-state index is -0.822. The SMILES string of the molecule is Cc1nc(N[C@H](C)C2CC2)nc(NC2C[C@@H](C3CC3)[C@@H](O)[C@H]2O)c1-c1nc2c(C)nccc2s1. The van der Waals surface area contributed by atoms with E-state index in [9.17, 15) is 10.2 Å². The molecule has 3 aliphatic rings. The lowest BCUT2D eigenvalue weighted by Gasteiger charge is -2.22. The van der Waals surface area contributed by atoms with Crippen molar-refractivity contribution < 1.29 is 10.2 Å². The van der Waals surface area contributed by atoms with E-state index in [-0.39, 0.29) is 12.0 Å². The minimum absolute atomic E-state index is 0.141. The Kier molecular flexibility index (Phi) is 5.46. The number of hydrogen-bond donors (Lipinski definition) is 4. The molecule has 0 radical (unpaired) electrons. The number of nitrogens with one attached hydrogen (secondary N) is 2. The Balaban J connectivity index is 1.39. The van der Waals surface area contributed by atoms with Crippen LogP contribution >= 0.6 is 11.3 Å². The van der Waals surface area contributed by atoms with Crippen LogP contribution in [0.3, 0.4) is 0 Å². The summed E-state index contributed by atoms with van der Waals surface area (Å²) in [4.78, 5) is 19.0. The van der Waals surface area contributed by atoms with Crippen LogP contribution in [-0.2, 0) is 0 Å². The van der Waals surface area contributed by atoms with Crippen molar-refractivity contribution in [1.29, 1.82) is 0 Å². The second-order valence-electron chi connectivity index (χ2n) is 10.4. The number of fused-ring (bicyclic) bond motifs is 1. The third-order valence-electron chi connectivity index (χ3n) is 7.76. The first-order valence-electron chi connectivity index (χ1n) is 12.4. The fourth-order valence-electron chi connectivity index (χ4n) is 5.38. The van der Waals surface area contributed by atoms with Gasteiger partial charge in [0.05, 0.1) is 33.8 Å². The van der Waals surface area contributed by atoms with Gasteiger partial charge in [-0.15, -0.1) is 11.3 Å². The maximum absolute atomic E-state index is 10.9. The predicted octanol–water partition coefficient (Wildman–Crippen LogP) is 3.91. The van der Waals surface area contributed by atoms with Gasteiger partial charge in [0.2, 0.25) is 5.95 Å². The van der Waals surface area contributed by atoms with E-state index in [0.717, 1.165) is 51.4 Å². The fourth-order valence-corrected chi connectivity index (χ4v) is 6.49. The van der Waals surface area contributed by atoms with Crippen molar-refractivity contribution in [3.63, 3.8) is 0 Å². The number of nitrogens with zero attached hydrogens (tertiary/aromatic N) is 4. The average molecular weight is 481 g/mol. The van der Waals surface area contributed by atoms with E-state index in [0.29, 0.717) is 29.6 Å². The number of rotatable bonds is 7. The van der Waals surface area contributed by atoms with E-state index in [1.54, 1.807) is 11.3 Å². The Morgan fingerprint density at radius 2 is 1.82 bits per heavy atom. The third kappa shape index (κ3) is 4.03. The zero-order chi connectivity index (χ0) is 23.6. The molecule has 0 bridgehead atoms. The van der Waals surface area contributed by atoms with Crippen LogP contribution in [0.4, 0.5) is 11.8 Å². The Morgan fingerprint density at radius 1 is 1.03 bits per heavy atom. The molecule has 1 unspecified atom stereocenters. The molecule has 3 heterocycles. The summed E-state index contributed by atoms with van der Waals surface area (Å²) in [5.74, 6) is 2.59. The van der Waals surface area contributed by atoms with E-state index in [4.69, 9.17) is 15.0 Å². The fraction of sp³-hybridized carbons (Fsp3) is 0.600. The number of anilines is 2. The maximum Gasteiger partial charge on any atom is 0.225 e. The molecule has 0 spiro atoms. The lowest BCUT2D eigenvalue weighted by atomic mass is 10.00. The second kappa shape index (κ2) is 8.39. The van der Waals surface area contributed by atoms with Crippen LogP contribution in [0.2, 0.25) is 0 Å². The average Bonchev–Trinajstić information content (AvgIpc) is 3.72. The van der Waals surface area contributed by atoms with Crippen LogP contribution in [0.15, 0.2) is 12.3 Å². The molecule has 3 aromatic rings. The van der Waals surface area contributed by atoms with Crippen LogP contribution in [-0.4, -0.2) is 54.4 Å². The zero-order valence-electron chi connectivity index (χ0n) is 19.8. The molecule has 3 aliphatic carbocycles. The van der Waals surface area contributed by atoms with E-state index in [1.165, 1.54) is 12.8 Å². The van der Waals surface area contributed by atoms with Gasteiger partial charge in [-0.25, -0.2) is 9.97 Å². The number of aromatic nitrogens is 4. The second-order valence-corrected chi connectivity index (χ2v) is 11.4. The molecule has 3 aromatic heterocycles. The third-order valence-corrected chi connectivity index (χ3v) is 8.79. The van der Waals surface area contributed by atoms with E-state index < -0.39 is 12.2 Å². The quantitative estimate of drug-likeness (QED) is 0.402. The molecule has 9 heteroatoms. The molecule has 0 aromatic carbocycles. The molecule has 0 amide bonds. The Morgan fingerprint density at radius 3 is 2.53 bits per heavy atom. The highest BCUT2D eigenvalue weighted by molar-refractivity contribution is 7.21. The lowest BCUT2D eigenvalue weighted by molar-refractivity contribution is 0.0128. The molecule has 8 nitrogen and oxygen atoms in total. The first kappa shape index (κ1) is 22.1. The van der Waals surface area contributed by atoms with Gasteiger partial charge in [-0.1, -0.05) is 0 Å². The Bertz CT molecular complexity index is 1220. The number of aliphatic hydroxyl groups is 2. The molecular formula is C25H32N6O2S. The molecule has 4 N–H and O–H groups in total. The highest BCUT2D eigenvalue weighted by atomic mass is 32.1. The van der Waals surface area contributed by atoms with E-state index in [2.05, 4.69) is 22.5 Å². The standard InChI is InChI=1S/C25H32N6O2S/c1-11(14-4-5-14)27-25-28-12(2)19(24-30-20-13(3)26-9-8-18(20)34-24)23(31-25)29-17-10-16(15-6-7-15)21(32)22(17)33/h8-9,11,14-17,21-22,32-33H,4-7,10H2,1-3H3,(H2,27,28,29,31)/t11-,16+,17?,21-,22+/m1/s1. The van der Waals surface area contributed by atoms with Crippen molar-refractivity contribution in [1.82, 2.24) is 19.9 Å². The summed E-state index contributed by atoms with van der Waals surface area (Å²) in [7, 11) is 0. The van der Waals surface area contributed by atoms with Crippen LogP contribution in [0, 0.1) is 31.6 Å². The van der Waals surface area contributed by atoms with Gasteiger partial charge >= 0.3 is 0 Å². The molecule has 3 fully saturated rings. The van der Waals surface area contributed by atoms with Crippen molar-refractivity contribution in [2.24, 2.45) is 17.8 Å². The maximum atomic E-state index is 10.9. The van der Waals surface area contributed by atoms with Gasteiger partial charge in [0.1, 0.15) is 22.4 Å². The van der Waals surface area contributed by atoms with Crippen LogP contribution in [0.1, 0.15) is 50.4 Å². The molecule has 180 valence electrons. The Labute approximate surface area is 203 Å². The number of pyridine rings is 1. The summed E-state index contributed by atoms with van der Waals surface area (Å²) >= 11 is 1.60. The van der Waals surface area contributed by atoms with Crippen molar-refractivity contribution in [2.75, 3.05) is 10.6 Å². The van der Waals surface area contributed by atoms with Gasteiger partial charge in [0.15, 0.2) is 0 Å². The number of aryl methyl sites for hydroxylation is 2. The van der Waals surface area contributed by atoms with Crippen LogP contribution in [0.25, 0.3) is 20.8 Å². The molecule has 6 rings (SSSR count). The number of aliphatic hydroxyl groups excluding tert-OH is 2. The molecule has 34 heavy (non-hydrogen) atoms. The van der Waals surface area contributed by atoms with E-state index in [1.807, 2.05) is 26.1 Å². The summed E-state index contributed by atoms with van der Waals surface area (Å²) in [6.07, 6.45) is 5.80. The highest BCUT2D eigenvalue weighted by Gasteiger charge is 2.48. The van der Waals surface area contributed by atoms with Crippen molar-refractivity contribution in [3.05, 3.63) is 23.7 Å². The smallest absolute Gasteiger partial charge is 0.225 e. The molecule has 0 aliphatic heterocycles. The van der Waals surface area contributed by atoms with Crippen molar-refractivity contribution in [2.45, 2.75) is 77.2 Å². The van der Waals surface area contributed by atoms with Crippen molar-refractivity contribution in [3.8, 4) is 10.6 Å². The Hall–Kier alpha value is -2.36. The van der Waals surface area contributed by atoms with Crippen LogP contribution in [0.5, 0.6) is 0 Å². The topological polar surface area (TPSA) is 116 Å². The van der Waals surface area contributed by atoms with Crippen molar-refractivity contribution >= 4 is 33.3 Å². The molecule has 3 saturated carbocycles. The van der Waals surface area contributed by atoms with Gasteiger partial charge in [-0.05, 0) is 76.7 Å². The number of hydrogen-bond acceptors (Lipinski definition) is 9. The summed E-state index contributed by atoms with van der Waals surface area (Å²) in [5.41, 5.74) is 3.47. The zero-order valence-corrected chi connectivity index (χ0v) is 20.6. The molecular weight excluding hydrogens is 448 g/mol. The number of thiazole rings is 1. The first-order valence-corrected chi connectivity index (χ1v) is 13.2. The van der Waals surface area contributed by atoms with E-state index >= 15 is 0 Å². The largest absolute Gasteiger partial charge is 0.390 e. The summed E-state index contributed by atoms with van der Waals surface area (Å²) in [6, 6.07) is 2.03. The van der Waals surface area contributed by atoms with Gasteiger partial charge in [-0.3, -0.25) is 4.98 Å². The normalized spacial score (nSPS) is 27.8. The summed E-state index contributed by atoms with van der Waals surface area (Å²) in [5, 5.41) is 29.3. The highest BCUT2D eigenvalue weighted by Crippen LogP contribution is 2.46. The predicted molar refractivity (Wildman–Crippen MR) is 134 cm³/mol. The van der Waals surface area contributed by atoms with Gasteiger partial charge < -0.3 is 20.8 Å². The van der Waals surface area contributed by atoms with Gasteiger partial charge in [0.25, 0.3) is 0 Å². The molecule has 0 saturated heterocycles. The summed E-state index contributed by atoms with van der Waals surface area (Å²) < 4.78 is 1.07.